The molecule has 0 aromatic heterocycles. The van der Waals surface area contributed by atoms with Gasteiger partial charge in [0.25, 0.3) is 0 Å². The Morgan fingerprint density at radius 2 is 2.18 bits per heavy atom. The topological polar surface area (TPSA) is 70.6 Å². The summed E-state index contributed by atoms with van der Waals surface area (Å²) in [5.74, 6) is 2.69. The molecule has 0 saturated carbocycles. The number of nitrogens with one attached hydrogen (secondary N) is 1. The molecule has 0 bridgehead atoms. The first kappa shape index (κ1) is 16.6. The third-order valence-corrected chi connectivity index (χ3v) is 3.88. The monoisotopic (exact) mass is 261 g/mol. The van der Waals surface area contributed by atoms with E-state index in [1.165, 1.54) is 17.9 Å². The van der Waals surface area contributed by atoms with E-state index in [1.807, 2.05) is 25.6 Å². The number of oxime groups is 1. The van der Waals surface area contributed by atoms with Crippen LogP contribution in [0.5, 0.6) is 0 Å². The molecule has 0 saturated heterocycles. The molecule has 0 spiro atoms. The Morgan fingerprint density at radius 1 is 1.53 bits per heavy atom. The first-order valence-electron chi connectivity index (χ1n) is 6.23. The normalized spacial score (nSPS) is 14.9. The van der Waals surface area contributed by atoms with Gasteiger partial charge in [0, 0.05) is 11.5 Å². The summed E-state index contributed by atoms with van der Waals surface area (Å²) >= 11 is 1.97. The quantitative estimate of drug-likeness (QED) is 0.196. The van der Waals surface area contributed by atoms with Crippen molar-refractivity contribution in [2.75, 3.05) is 18.1 Å². The average molecular weight is 261 g/mol. The lowest BCUT2D eigenvalue weighted by atomic mass is 9.88. The molecule has 0 aliphatic heterocycles. The third-order valence-electron chi connectivity index (χ3n) is 2.94. The maximum atomic E-state index is 8.66. The Balaban J connectivity index is 3.75. The molecule has 1 atom stereocenters. The zero-order valence-corrected chi connectivity index (χ0v) is 12.3. The fraction of sp³-hybridized carbons (Fsp3) is 0.917. The minimum Gasteiger partial charge on any atom is -0.409 e. The molecule has 0 aliphatic carbocycles. The maximum Gasteiger partial charge on any atom is 0.144 e. The molecule has 0 fully saturated rings. The maximum absolute atomic E-state index is 8.66. The molecule has 5 heteroatoms. The van der Waals surface area contributed by atoms with E-state index in [9.17, 15) is 0 Å². The molecule has 0 aromatic rings. The van der Waals surface area contributed by atoms with Gasteiger partial charge in [-0.05, 0) is 37.8 Å². The van der Waals surface area contributed by atoms with Crippen molar-refractivity contribution in [3.05, 3.63) is 0 Å². The minimum atomic E-state index is -0.250. The number of thioether (sulfide) groups is 1. The highest BCUT2D eigenvalue weighted by Crippen LogP contribution is 2.19. The Bertz CT molecular complexity index is 232. The van der Waals surface area contributed by atoms with Crippen molar-refractivity contribution >= 4 is 17.6 Å². The molecule has 0 aromatic carbocycles. The first-order chi connectivity index (χ1) is 7.94. The molecular weight excluding hydrogens is 234 g/mol. The Labute approximate surface area is 109 Å². The molecule has 0 amide bonds. The molecule has 17 heavy (non-hydrogen) atoms. The summed E-state index contributed by atoms with van der Waals surface area (Å²) in [6.45, 7) is 9.25. The van der Waals surface area contributed by atoms with E-state index < -0.39 is 0 Å². The zero-order valence-electron chi connectivity index (χ0n) is 11.5. The van der Waals surface area contributed by atoms with Crippen molar-refractivity contribution in [1.29, 1.82) is 0 Å². The van der Waals surface area contributed by atoms with Gasteiger partial charge in [0.05, 0.1) is 0 Å². The van der Waals surface area contributed by atoms with Gasteiger partial charge in [-0.1, -0.05) is 25.9 Å². The van der Waals surface area contributed by atoms with Crippen LogP contribution in [0.25, 0.3) is 0 Å². The van der Waals surface area contributed by atoms with Crippen LogP contribution in [0, 0.1) is 5.41 Å². The van der Waals surface area contributed by atoms with E-state index in [1.54, 1.807) is 0 Å². The SMILES string of the molecule is CCSCCC(C)NCCC(C)(C)C(N)=NO. The summed E-state index contributed by atoms with van der Waals surface area (Å²) in [5.41, 5.74) is 5.38. The highest BCUT2D eigenvalue weighted by molar-refractivity contribution is 7.99. The number of amidine groups is 1. The summed E-state index contributed by atoms with van der Waals surface area (Å²) in [5, 5.41) is 15.2. The van der Waals surface area contributed by atoms with Crippen LogP contribution in [-0.4, -0.2) is 35.1 Å². The zero-order chi connectivity index (χ0) is 13.3. The van der Waals surface area contributed by atoms with Crippen molar-refractivity contribution in [1.82, 2.24) is 5.32 Å². The van der Waals surface area contributed by atoms with Gasteiger partial charge in [-0.25, -0.2) is 0 Å². The van der Waals surface area contributed by atoms with Crippen molar-refractivity contribution in [2.45, 2.75) is 46.6 Å². The Kier molecular flexibility index (Phi) is 8.43. The number of rotatable bonds is 9. The van der Waals surface area contributed by atoms with Gasteiger partial charge < -0.3 is 16.3 Å². The second-order valence-corrected chi connectivity index (χ2v) is 6.35. The fourth-order valence-corrected chi connectivity index (χ4v) is 2.21. The molecule has 0 rings (SSSR count). The van der Waals surface area contributed by atoms with Crippen LogP contribution in [0.1, 0.15) is 40.5 Å². The summed E-state index contributed by atoms with van der Waals surface area (Å²) in [4.78, 5) is 0. The van der Waals surface area contributed by atoms with Crippen molar-refractivity contribution in [3.8, 4) is 0 Å². The predicted molar refractivity (Wildman–Crippen MR) is 76.9 cm³/mol. The highest BCUT2D eigenvalue weighted by atomic mass is 32.2. The molecule has 0 aliphatic rings. The largest absolute Gasteiger partial charge is 0.409 e. The van der Waals surface area contributed by atoms with Crippen LogP contribution in [0.3, 0.4) is 0 Å². The average Bonchev–Trinajstić information content (AvgIpc) is 2.28. The number of nitrogens with zero attached hydrogens (tertiary/aromatic N) is 1. The van der Waals surface area contributed by atoms with Crippen molar-refractivity contribution in [2.24, 2.45) is 16.3 Å². The smallest absolute Gasteiger partial charge is 0.144 e. The predicted octanol–water partition coefficient (Wildman–Crippen LogP) is 2.27. The lowest BCUT2D eigenvalue weighted by Gasteiger charge is -2.24. The molecule has 102 valence electrons. The van der Waals surface area contributed by atoms with Gasteiger partial charge in [-0.15, -0.1) is 0 Å². The van der Waals surface area contributed by atoms with Gasteiger partial charge in [0.15, 0.2) is 0 Å². The van der Waals surface area contributed by atoms with E-state index in [4.69, 9.17) is 10.9 Å². The minimum absolute atomic E-state index is 0.250. The molecule has 0 heterocycles. The summed E-state index contributed by atoms with van der Waals surface area (Å²) in [6.07, 6.45) is 2.05. The van der Waals surface area contributed by atoms with E-state index in [0.717, 1.165) is 13.0 Å². The van der Waals surface area contributed by atoms with E-state index >= 15 is 0 Å². The van der Waals surface area contributed by atoms with E-state index in [-0.39, 0.29) is 5.41 Å². The number of nitrogens with two attached hydrogens (primary N) is 1. The summed E-state index contributed by atoms with van der Waals surface area (Å²) in [7, 11) is 0. The summed E-state index contributed by atoms with van der Waals surface area (Å²) in [6, 6.07) is 0.525. The van der Waals surface area contributed by atoms with Crippen LogP contribution >= 0.6 is 11.8 Å². The van der Waals surface area contributed by atoms with Gasteiger partial charge >= 0.3 is 0 Å². The molecule has 4 nitrogen and oxygen atoms in total. The van der Waals surface area contributed by atoms with Crippen LogP contribution < -0.4 is 11.1 Å². The van der Waals surface area contributed by atoms with Gasteiger partial charge in [-0.3, -0.25) is 0 Å². The molecule has 4 N–H and O–H groups in total. The van der Waals surface area contributed by atoms with Crippen LogP contribution in [0.15, 0.2) is 5.16 Å². The lowest BCUT2D eigenvalue weighted by molar-refractivity contribution is 0.304. The third kappa shape index (κ3) is 7.49. The van der Waals surface area contributed by atoms with Gasteiger partial charge in [-0.2, -0.15) is 11.8 Å². The van der Waals surface area contributed by atoms with E-state index in [0.29, 0.717) is 11.9 Å². The Morgan fingerprint density at radius 3 is 2.71 bits per heavy atom. The van der Waals surface area contributed by atoms with Crippen LogP contribution in [0.2, 0.25) is 0 Å². The first-order valence-corrected chi connectivity index (χ1v) is 7.38. The van der Waals surface area contributed by atoms with Crippen LogP contribution in [-0.2, 0) is 0 Å². The second-order valence-electron chi connectivity index (χ2n) is 4.96. The molecular formula is C12H27N3OS. The number of hydrogen-bond donors (Lipinski definition) is 3. The van der Waals surface area contributed by atoms with Gasteiger partial charge in [0.1, 0.15) is 5.84 Å². The van der Waals surface area contributed by atoms with Crippen molar-refractivity contribution in [3.63, 3.8) is 0 Å². The van der Waals surface area contributed by atoms with Crippen molar-refractivity contribution < 1.29 is 5.21 Å². The Hall–Kier alpha value is -0.420. The highest BCUT2D eigenvalue weighted by Gasteiger charge is 2.23. The summed E-state index contributed by atoms with van der Waals surface area (Å²) < 4.78 is 0. The van der Waals surface area contributed by atoms with Crippen LogP contribution in [0.4, 0.5) is 0 Å². The number of hydrogen-bond acceptors (Lipinski definition) is 4. The van der Waals surface area contributed by atoms with Gasteiger partial charge in [0.2, 0.25) is 0 Å². The lowest BCUT2D eigenvalue weighted by Crippen LogP contribution is -2.37. The second kappa shape index (κ2) is 8.64. The molecule has 0 radical (unpaired) electrons. The molecule has 1 unspecified atom stereocenters. The van der Waals surface area contributed by atoms with E-state index in [2.05, 4.69) is 24.3 Å². The standard InChI is InChI=1S/C12H27N3OS/c1-5-17-9-6-10(2)14-8-7-12(3,4)11(13)15-16/h10,14,16H,5-9H2,1-4H3,(H2,13,15). The fourth-order valence-electron chi connectivity index (χ4n) is 1.40.